The lowest BCUT2D eigenvalue weighted by Crippen LogP contribution is -2.23. The first kappa shape index (κ1) is 12.4. The summed E-state index contributed by atoms with van der Waals surface area (Å²) < 4.78 is 0. The van der Waals surface area contributed by atoms with Gasteiger partial charge in [0.15, 0.2) is 0 Å². The minimum Gasteiger partial charge on any atom is -0.326 e. The van der Waals surface area contributed by atoms with E-state index in [0.29, 0.717) is 17.5 Å². The zero-order valence-corrected chi connectivity index (χ0v) is 10.7. The Bertz CT molecular complexity index is 416. The molecular weight excluding hydrogens is 236 g/mol. The van der Waals surface area contributed by atoms with Gasteiger partial charge in [-0.1, -0.05) is 17.7 Å². The molecule has 0 spiro atoms. The molecule has 0 heterocycles. The molecule has 2 rings (SSSR count). The van der Waals surface area contributed by atoms with Gasteiger partial charge in [-0.3, -0.25) is 4.79 Å². The Kier molecular flexibility index (Phi) is 4.02. The minimum absolute atomic E-state index is 0.0260. The highest BCUT2D eigenvalue weighted by Gasteiger charge is 2.20. The van der Waals surface area contributed by atoms with Gasteiger partial charge in [-0.2, -0.15) is 0 Å². The molecule has 2 N–H and O–H groups in total. The van der Waals surface area contributed by atoms with Crippen molar-refractivity contribution in [2.75, 3.05) is 11.9 Å². The molecule has 3 nitrogen and oxygen atoms in total. The second-order valence-electron chi connectivity index (χ2n) is 4.49. The number of hydrogen-bond donors (Lipinski definition) is 2. The largest absolute Gasteiger partial charge is 0.326 e. The van der Waals surface area contributed by atoms with E-state index in [1.54, 1.807) is 6.07 Å². The van der Waals surface area contributed by atoms with Crippen molar-refractivity contribution < 1.29 is 4.79 Å². The molecule has 1 aromatic rings. The molecule has 1 amide bonds. The first-order valence-electron chi connectivity index (χ1n) is 5.94. The molecule has 0 aliphatic heterocycles. The van der Waals surface area contributed by atoms with Crippen molar-refractivity contribution in [2.24, 2.45) is 0 Å². The van der Waals surface area contributed by atoms with E-state index in [1.807, 2.05) is 19.1 Å². The maximum atomic E-state index is 11.6. The topological polar surface area (TPSA) is 41.1 Å². The normalized spacial score (nSPS) is 14.7. The molecule has 4 heteroatoms. The second-order valence-corrected chi connectivity index (χ2v) is 4.90. The summed E-state index contributed by atoms with van der Waals surface area (Å²) in [6, 6.07) is 6.20. The molecule has 0 aromatic heterocycles. The molecule has 17 heavy (non-hydrogen) atoms. The molecule has 0 radical (unpaired) electrons. The lowest BCUT2D eigenvalue weighted by atomic mass is 10.2. The van der Waals surface area contributed by atoms with Gasteiger partial charge in [0.05, 0.1) is 0 Å². The number of hydrogen-bond acceptors (Lipinski definition) is 2. The number of aryl methyl sites for hydroxylation is 1. The van der Waals surface area contributed by atoms with Crippen LogP contribution in [0.5, 0.6) is 0 Å². The zero-order chi connectivity index (χ0) is 12.3. The molecular formula is C13H17ClN2O. The van der Waals surface area contributed by atoms with Crippen molar-refractivity contribution in [1.29, 1.82) is 0 Å². The first-order chi connectivity index (χ1) is 8.15. The number of carbonyl (C=O) groups is 1. The lowest BCUT2D eigenvalue weighted by molar-refractivity contribution is -0.116. The van der Waals surface area contributed by atoms with Crippen LogP contribution in [0.1, 0.15) is 24.8 Å². The van der Waals surface area contributed by atoms with E-state index in [1.165, 1.54) is 12.8 Å². The molecule has 0 atom stereocenters. The molecule has 1 aliphatic rings. The molecule has 0 unspecified atom stereocenters. The smallest absolute Gasteiger partial charge is 0.225 e. The average molecular weight is 253 g/mol. The summed E-state index contributed by atoms with van der Waals surface area (Å²) in [4.78, 5) is 11.6. The maximum Gasteiger partial charge on any atom is 0.225 e. The summed E-state index contributed by atoms with van der Waals surface area (Å²) in [5.41, 5.74) is 1.78. The lowest BCUT2D eigenvalue weighted by Gasteiger charge is -2.07. The Morgan fingerprint density at radius 1 is 1.47 bits per heavy atom. The minimum atomic E-state index is 0.0260. The van der Waals surface area contributed by atoms with Crippen molar-refractivity contribution in [3.63, 3.8) is 0 Å². The predicted molar refractivity (Wildman–Crippen MR) is 70.5 cm³/mol. The first-order valence-corrected chi connectivity index (χ1v) is 6.32. The number of carbonyl (C=O) groups excluding carboxylic acids is 1. The standard InChI is InChI=1S/C13H17ClN2O/c1-9-2-3-11(8-12(9)14)16-13(17)6-7-15-10-4-5-10/h2-3,8,10,15H,4-7H2,1H3,(H,16,17). The summed E-state index contributed by atoms with van der Waals surface area (Å²) >= 11 is 5.99. The van der Waals surface area contributed by atoms with Crippen LogP contribution in [0.4, 0.5) is 5.69 Å². The molecule has 1 saturated carbocycles. The van der Waals surface area contributed by atoms with Crippen LogP contribution in [0.3, 0.4) is 0 Å². The fourth-order valence-corrected chi connectivity index (χ4v) is 1.75. The van der Waals surface area contributed by atoms with Gasteiger partial charge in [0.2, 0.25) is 5.91 Å². The van der Waals surface area contributed by atoms with Crippen LogP contribution in [0.2, 0.25) is 5.02 Å². The van der Waals surface area contributed by atoms with Gasteiger partial charge in [0.1, 0.15) is 0 Å². The van der Waals surface area contributed by atoms with Crippen molar-refractivity contribution >= 4 is 23.2 Å². The molecule has 1 fully saturated rings. The van der Waals surface area contributed by atoms with E-state index in [-0.39, 0.29) is 5.91 Å². The maximum absolute atomic E-state index is 11.6. The second kappa shape index (κ2) is 5.52. The van der Waals surface area contributed by atoms with E-state index in [4.69, 9.17) is 11.6 Å². The van der Waals surface area contributed by atoms with Crippen molar-refractivity contribution in [1.82, 2.24) is 5.32 Å². The van der Waals surface area contributed by atoms with Gasteiger partial charge in [0, 0.05) is 29.7 Å². The van der Waals surface area contributed by atoms with E-state index >= 15 is 0 Å². The van der Waals surface area contributed by atoms with Crippen LogP contribution in [-0.2, 0) is 4.79 Å². The highest BCUT2D eigenvalue weighted by atomic mass is 35.5. The van der Waals surface area contributed by atoms with Crippen LogP contribution in [-0.4, -0.2) is 18.5 Å². The average Bonchev–Trinajstić information content (AvgIpc) is 3.07. The van der Waals surface area contributed by atoms with Crippen LogP contribution < -0.4 is 10.6 Å². The van der Waals surface area contributed by atoms with E-state index in [2.05, 4.69) is 10.6 Å². The van der Waals surface area contributed by atoms with Crippen molar-refractivity contribution in [3.8, 4) is 0 Å². The van der Waals surface area contributed by atoms with Crippen LogP contribution in [0.15, 0.2) is 18.2 Å². The summed E-state index contributed by atoms with van der Waals surface area (Å²) in [5.74, 6) is 0.0260. The summed E-state index contributed by atoms with van der Waals surface area (Å²) in [7, 11) is 0. The van der Waals surface area contributed by atoms with Crippen LogP contribution >= 0.6 is 11.6 Å². The highest BCUT2D eigenvalue weighted by Crippen LogP contribution is 2.20. The summed E-state index contributed by atoms with van der Waals surface area (Å²) in [6.07, 6.45) is 2.99. The Hall–Kier alpha value is -1.06. The Labute approximate surface area is 107 Å². The molecule has 0 saturated heterocycles. The number of amides is 1. The number of halogens is 1. The van der Waals surface area contributed by atoms with Crippen molar-refractivity contribution in [2.45, 2.75) is 32.2 Å². The predicted octanol–water partition coefficient (Wildman–Crippen LogP) is 2.73. The third kappa shape index (κ3) is 4.02. The van der Waals surface area contributed by atoms with E-state index in [9.17, 15) is 4.79 Å². The fourth-order valence-electron chi connectivity index (χ4n) is 1.57. The number of anilines is 1. The van der Waals surface area contributed by atoms with Gasteiger partial charge in [-0.05, 0) is 37.5 Å². The van der Waals surface area contributed by atoms with Gasteiger partial charge < -0.3 is 10.6 Å². The number of benzene rings is 1. The Morgan fingerprint density at radius 2 is 2.24 bits per heavy atom. The molecule has 92 valence electrons. The van der Waals surface area contributed by atoms with Gasteiger partial charge in [0.25, 0.3) is 0 Å². The number of rotatable bonds is 5. The Morgan fingerprint density at radius 3 is 2.88 bits per heavy atom. The summed E-state index contributed by atoms with van der Waals surface area (Å²) in [5, 5.41) is 6.83. The SMILES string of the molecule is Cc1ccc(NC(=O)CCNC2CC2)cc1Cl. The van der Waals surface area contributed by atoms with Crippen LogP contribution in [0.25, 0.3) is 0 Å². The third-order valence-corrected chi connectivity index (χ3v) is 3.23. The third-order valence-electron chi connectivity index (χ3n) is 2.82. The fraction of sp³-hybridized carbons (Fsp3) is 0.462. The quantitative estimate of drug-likeness (QED) is 0.846. The number of nitrogens with one attached hydrogen (secondary N) is 2. The van der Waals surface area contributed by atoms with E-state index in [0.717, 1.165) is 17.8 Å². The zero-order valence-electron chi connectivity index (χ0n) is 9.92. The van der Waals surface area contributed by atoms with Gasteiger partial charge in [-0.15, -0.1) is 0 Å². The highest BCUT2D eigenvalue weighted by molar-refractivity contribution is 6.31. The van der Waals surface area contributed by atoms with Crippen molar-refractivity contribution in [3.05, 3.63) is 28.8 Å². The Balaban J connectivity index is 1.77. The monoisotopic (exact) mass is 252 g/mol. The molecule has 0 bridgehead atoms. The van der Waals surface area contributed by atoms with Gasteiger partial charge in [-0.25, -0.2) is 0 Å². The van der Waals surface area contributed by atoms with E-state index < -0.39 is 0 Å². The molecule has 1 aliphatic carbocycles. The summed E-state index contributed by atoms with van der Waals surface area (Å²) in [6.45, 7) is 2.68. The van der Waals surface area contributed by atoms with Gasteiger partial charge >= 0.3 is 0 Å². The molecule has 1 aromatic carbocycles. The van der Waals surface area contributed by atoms with Crippen LogP contribution in [0, 0.1) is 6.92 Å².